The molecule has 1 aromatic heterocycles. The van der Waals surface area contributed by atoms with Crippen LogP contribution < -0.4 is 5.32 Å². The minimum absolute atomic E-state index is 0.0808. The first-order valence-corrected chi connectivity index (χ1v) is 8.09. The molecular formula is C18H14F2N2OS. The zero-order valence-electron chi connectivity index (χ0n) is 12.8. The number of aromatic nitrogens is 1. The molecule has 2 aromatic carbocycles. The maximum atomic E-state index is 13.2. The van der Waals surface area contributed by atoms with Crippen LogP contribution in [0.5, 0.6) is 0 Å². The van der Waals surface area contributed by atoms with Crippen LogP contribution in [0.25, 0.3) is 0 Å². The monoisotopic (exact) mass is 344 g/mol. The van der Waals surface area contributed by atoms with Gasteiger partial charge in [0.05, 0.1) is 0 Å². The Morgan fingerprint density at radius 2 is 1.79 bits per heavy atom. The highest BCUT2D eigenvalue weighted by Gasteiger charge is 2.12. The van der Waals surface area contributed by atoms with Gasteiger partial charge < -0.3 is 0 Å². The molecular weight excluding hydrogens is 330 g/mol. The topological polar surface area (TPSA) is 42.0 Å². The van der Waals surface area contributed by atoms with Crippen molar-refractivity contribution in [1.29, 1.82) is 0 Å². The Bertz CT molecular complexity index is 855. The third-order valence-corrected chi connectivity index (χ3v) is 4.31. The first-order valence-electron chi connectivity index (χ1n) is 7.27. The number of hydrogen-bond donors (Lipinski definition) is 1. The fraction of sp³-hybridized carbons (Fsp3) is 0.111. The molecule has 0 saturated carbocycles. The van der Waals surface area contributed by atoms with E-state index in [1.165, 1.54) is 16.9 Å². The van der Waals surface area contributed by atoms with Crippen LogP contribution in [0.2, 0.25) is 0 Å². The maximum absolute atomic E-state index is 13.2. The van der Waals surface area contributed by atoms with E-state index in [9.17, 15) is 13.6 Å². The number of benzene rings is 2. The van der Waals surface area contributed by atoms with Crippen molar-refractivity contribution >= 4 is 22.4 Å². The highest BCUT2D eigenvalue weighted by molar-refractivity contribution is 7.15. The molecule has 1 N–H and O–H groups in total. The van der Waals surface area contributed by atoms with Crippen molar-refractivity contribution in [2.24, 2.45) is 0 Å². The number of aryl methyl sites for hydroxylation is 1. The summed E-state index contributed by atoms with van der Waals surface area (Å²) in [6.45, 7) is 2.03. The molecule has 0 atom stereocenters. The molecule has 122 valence electrons. The van der Waals surface area contributed by atoms with E-state index < -0.39 is 17.5 Å². The van der Waals surface area contributed by atoms with Gasteiger partial charge in [-0.25, -0.2) is 13.8 Å². The summed E-state index contributed by atoms with van der Waals surface area (Å²) in [6, 6.07) is 10.9. The van der Waals surface area contributed by atoms with E-state index in [4.69, 9.17) is 0 Å². The van der Waals surface area contributed by atoms with E-state index in [0.717, 1.165) is 28.6 Å². The second-order valence-corrected chi connectivity index (χ2v) is 6.52. The zero-order chi connectivity index (χ0) is 17.1. The average molecular weight is 344 g/mol. The summed E-state index contributed by atoms with van der Waals surface area (Å²) in [5, 5.41) is 2.96. The normalized spacial score (nSPS) is 10.6. The van der Waals surface area contributed by atoms with E-state index in [-0.39, 0.29) is 5.56 Å². The van der Waals surface area contributed by atoms with Gasteiger partial charge in [0.2, 0.25) is 0 Å². The molecule has 0 spiro atoms. The molecule has 1 amide bonds. The Morgan fingerprint density at radius 3 is 2.46 bits per heavy atom. The van der Waals surface area contributed by atoms with Crippen molar-refractivity contribution in [2.45, 2.75) is 13.3 Å². The molecule has 24 heavy (non-hydrogen) atoms. The van der Waals surface area contributed by atoms with Crippen LogP contribution >= 0.6 is 11.3 Å². The van der Waals surface area contributed by atoms with Crippen molar-refractivity contribution < 1.29 is 13.6 Å². The van der Waals surface area contributed by atoms with Crippen molar-refractivity contribution in [3.8, 4) is 0 Å². The highest BCUT2D eigenvalue weighted by Crippen LogP contribution is 2.22. The Labute approximate surface area is 142 Å². The molecule has 0 aliphatic carbocycles. The van der Waals surface area contributed by atoms with Crippen LogP contribution in [0.1, 0.15) is 26.4 Å². The molecule has 0 bridgehead atoms. The molecule has 0 fully saturated rings. The van der Waals surface area contributed by atoms with Crippen LogP contribution in [0.4, 0.5) is 13.9 Å². The van der Waals surface area contributed by atoms with Crippen molar-refractivity contribution in [2.75, 3.05) is 5.32 Å². The van der Waals surface area contributed by atoms with Gasteiger partial charge in [-0.05, 0) is 24.6 Å². The Kier molecular flexibility index (Phi) is 4.66. The summed E-state index contributed by atoms with van der Waals surface area (Å²) in [5.74, 6) is -2.18. The lowest BCUT2D eigenvalue weighted by atomic mass is 10.1. The number of nitrogens with zero attached hydrogens (tertiary/aromatic N) is 1. The van der Waals surface area contributed by atoms with Crippen LogP contribution in [0.3, 0.4) is 0 Å². The largest absolute Gasteiger partial charge is 0.298 e. The zero-order valence-corrected chi connectivity index (χ0v) is 13.7. The van der Waals surface area contributed by atoms with E-state index in [1.807, 2.05) is 31.2 Å². The third kappa shape index (κ3) is 4.02. The van der Waals surface area contributed by atoms with Gasteiger partial charge >= 0.3 is 0 Å². The lowest BCUT2D eigenvalue weighted by Gasteiger charge is -2.02. The maximum Gasteiger partial charge on any atom is 0.257 e. The number of amides is 1. The predicted octanol–water partition coefficient (Wildman–Crippen LogP) is 4.57. The molecule has 3 rings (SSSR count). The summed E-state index contributed by atoms with van der Waals surface area (Å²) >= 11 is 1.33. The Morgan fingerprint density at radius 1 is 1.12 bits per heavy atom. The molecule has 3 aromatic rings. The molecule has 1 heterocycles. The second kappa shape index (κ2) is 6.88. The number of halogens is 2. The second-order valence-electron chi connectivity index (χ2n) is 5.41. The van der Waals surface area contributed by atoms with E-state index in [1.54, 1.807) is 6.20 Å². The summed E-state index contributed by atoms with van der Waals surface area (Å²) in [5.41, 5.74) is 2.26. The lowest BCUT2D eigenvalue weighted by molar-refractivity contribution is 0.102. The number of nitrogens with one attached hydrogen (secondary N) is 1. The number of anilines is 1. The molecule has 3 nitrogen and oxygen atoms in total. The van der Waals surface area contributed by atoms with Crippen molar-refractivity contribution in [3.63, 3.8) is 0 Å². The number of thiazole rings is 1. The first-order chi connectivity index (χ1) is 11.5. The van der Waals surface area contributed by atoms with Gasteiger partial charge in [-0.3, -0.25) is 10.1 Å². The third-order valence-electron chi connectivity index (χ3n) is 3.40. The predicted molar refractivity (Wildman–Crippen MR) is 90.4 cm³/mol. The van der Waals surface area contributed by atoms with Gasteiger partial charge in [0.1, 0.15) is 11.6 Å². The highest BCUT2D eigenvalue weighted by atomic mass is 32.1. The van der Waals surface area contributed by atoms with Gasteiger partial charge in [0.15, 0.2) is 5.13 Å². The summed E-state index contributed by atoms with van der Waals surface area (Å²) in [4.78, 5) is 17.2. The fourth-order valence-corrected chi connectivity index (χ4v) is 3.05. The number of hydrogen-bond acceptors (Lipinski definition) is 3. The summed E-state index contributed by atoms with van der Waals surface area (Å²) in [7, 11) is 0. The van der Waals surface area contributed by atoms with Gasteiger partial charge in [-0.1, -0.05) is 29.8 Å². The lowest BCUT2D eigenvalue weighted by Crippen LogP contribution is -2.12. The summed E-state index contributed by atoms with van der Waals surface area (Å²) < 4.78 is 26.3. The summed E-state index contributed by atoms with van der Waals surface area (Å²) in [6.07, 6.45) is 2.40. The molecule has 0 saturated heterocycles. The average Bonchev–Trinajstić information content (AvgIpc) is 2.95. The molecule has 0 aliphatic heterocycles. The van der Waals surface area contributed by atoms with E-state index in [0.29, 0.717) is 11.6 Å². The fourth-order valence-electron chi connectivity index (χ4n) is 2.21. The van der Waals surface area contributed by atoms with Gasteiger partial charge in [0, 0.05) is 29.1 Å². The first kappa shape index (κ1) is 16.3. The van der Waals surface area contributed by atoms with Crippen LogP contribution in [0.15, 0.2) is 48.7 Å². The van der Waals surface area contributed by atoms with Gasteiger partial charge in [-0.2, -0.15) is 0 Å². The number of carbonyl (C=O) groups is 1. The van der Waals surface area contributed by atoms with Crippen LogP contribution in [-0.2, 0) is 6.42 Å². The molecule has 6 heteroatoms. The van der Waals surface area contributed by atoms with Gasteiger partial charge in [0.25, 0.3) is 5.91 Å². The quantitative estimate of drug-likeness (QED) is 0.753. The minimum Gasteiger partial charge on any atom is -0.298 e. The van der Waals surface area contributed by atoms with Crippen LogP contribution in [0, 0.1) is 18.6 Å². The smallest absolute Gasteiger partial charge is 0.257 e. The van der Waals surface area contributed by atoms with Crippen molar-refractivity contribution in [1.82, 2.24) is 4.98 Å². The van der Waals surface area contributed by atoms with E-state index in [2.05, 4.69) is 10.3 Å². The van der Waals surface area contributed by atoms with E-state index >= 15 is 0 Å². The molecule has 0 aliphatic rings. The van der Waals surface area contributed by atoms with Crippen LogP contribution in [-0.4, -0.2) is 10.9 Å². The SMILES string of the molecule is Cc1ccc(Cc2cnc(NC(=O)c3cc(F)cc(F)c3)s2)cc1. The number of carbonyl (C=O) groups excluding carboxylic acids is 1. The minimum atomic E-state index is -0.792. The Hall–Kier alpha value is -2.60. The van der Waals surface area contributed by atoms with Gasteiger partial charge in [-0.15, -0.1) is 11.3 Å². The standard InChI is InChI=1S/C18H14F2N2OS/c1-11-2-4-12(5-3-11)6-16-10-21-18(24-16)22-17(23)13-7-14(19)9-15(20)8-13/h2-5,7-10H,6H2,1H3,(H,21,22,23). The Balaban J connectivity index is 1.69. The molecule has 0 unspecified atom stereocenters. The number of rotatable bonds is 4. The van der Waals surface area contributed by atoms with Crippen molar-refractivity contribution in [3.05, 3.63) is 81.9 Å². The molecule has 0 radical (unpaired) electrons.